The van der Waals surface area contributed by atoms with Crippen molar-refractivity contribution in [1.82, 2.24) is 19.4 Å². The van der Waals surface area contributed by atoms with Gasteiger partial charge in [-0.15, -0.1) is 0 Å². The van der Waals surface area contributed by atoms with Gasteiger partial charge in [-0.1, -0.05) is 30.3 Å². The van der Waals surface area contributed by atoms with E-state index in [-0.39, 0.29) is 18.7 Å². The lowest BCUT2D eigenvalue weighted by Gasteiger charge is -2.16. The average molecular weight is 406 g/mol. The van der Waals surface area contributed by atoms with Crippen molar-refractivity contribution in [3.8, 4) is 0 Å². The lowest BCUT2D eigenvalue weighted by Crippen LogP contribution is -2.45. The van der Waals surface area contributed by atoms with E-state index in [2.05, 4.69) is 10.3 Å². The molecule has 4 rings (SSSR count). The molecule has 4 aromatic rings. The van der Waals surface area contributed by atoms with Crippen molar-refractivity contribution in [2.45, 2.75) is 19.0 Å². The van der Waals surface area contributed by atoms with Gasteiger partial charge < -0.3 is 15.0 Å². The van der Waals surface area contributed by atoms with Gasteiger partial charge in [0.1, 0.15) is 12.6 Å². The molecule has 2 aromatic carbocycles. The minimum absolute atomic E-state index is 0.193. The number of carbonyl (C=O) groups is 2. The molecule has 0 saturated heterocycles. The molecule has 0 saturated carbocycles. The summed E-state index contributed by atoms with van der Waals surface area (Å²) in [6.07, 6.45) is 2.09. The maximum atomic E-state index is 12.7. The molecule has 30 heavy (non-hydrogen) atoms. The normalized spacial score (nSPS) is 12.2. The largest absolute Gasteiger partial charge is 0.467 e. The molecule has 1 amide bonds. The minimum atomic E-state index is -0.868. The fraction of sp³-hybridized carbons (Fsp3) is 0.227. The number of H-pyrrole nitrogens is 1. The number of fused-ring (bicyclic) bond motifs is 2. The number of nitrogens with one attached hydrogen (secondary N) is 2. The highest BCUT2D eigenvalue weighted by atomic mass is 16.5. The number of imidazole rings is 1. The van der Waals surface area contributed by atoms with E-state index in [1.54, 1.807) is 13.1 Å². The van der Waals surface area contributed by atoms with Crippen molar-refractivity contribution < 1.29 is 14.3 Å². The molecule has 1 unspecified atom stereocenters. The Morgan fingerprint density at radius 3 is 2.57 bits per heavy atom. The van der Waals surface area contributed by atoms with Crippen molar-refractivity contribution in [1.29, 1.82) is 0 Å². The Labute approximate surface area is 172 Å². The molecule has 8 heteroatoms. The van der Waals surface area contributed by atoms with Crippen LogP contribution >= 0.6 is 0 Å². The number of esters is 1. The van der Waals surface area contributed by atoms with Gasteiger partial charge in [0.15, 0.2) is 0 Å². The first-order valence-corrected chi connectivity index (χ1v) is 9.56. The van der Waals surface area contributed by atoms with Crippen LogP contribution in [0.25, 0.3) is 21.9 Å². The Morgan fingerprint density at radius 1 is 1.10 bits per heavy atom. The number of hydrogen-bond acceptors (Lipinski definition) is 4. The van der Waals surface area contributed by atoms with Crippen LogP contribution in [0.3, 0.4) is 0 Å². The molecule has 8 nitrogen and oxygen atoms in total. The van der Waals surface area contributed by atoms with Gasteiger partial charge in [-0.05, 0) is 23.8 Å². The number of hydrogen-bond donors (Lipinski definition) is 2. The zero-order valence-corrected chi connectivity index (χ0v) is 16.7. The molecule has 0 bridgehead atoms. The highest BCUT2D eigenvalue weighted by molar-refractivity contribution is 5.88. The first kappa shape index (κ1) is 19.5. The minimum Gasteiger partial charge on any atom is -0.467 e. The second-order valence-corrected chi connectivity index (χ2v) is 7.12. The number of amides is 1. The summed E-state index contributed by atoms with van der Waals surface area (Å²) < 4.78 is 7.77. The SMILES string of the molecule is COC(=O)C(Cc1c[nH]c2ccccc12)NC(=O)Cn1c(=O)n(C)c2ccccc21. The van der Waals surface area contributed by atoms with E-state index in [1.807, 2.05) is 48.7 Å². The summed E-state index contributed by atoms with van der Waals surface area (Å²) >= 11 is 0. The predicted molar refractivity (Wildman–Crippen MR) is 113 cm³/mol. The van der Waals surface area contributed by atoms with Crippen LogP contribution in [0.1, 0.15) is 5.56 Å². The number of ether oxygens (including phenoxy) is 1. The highest BCUT2D eigenvalue weighted by Gasteiger charge is 2.24. The van der Waals surface area contributed by atoms with E-state index in [0.717, 1.165) is 22.0 Å². The number of para-hydroxylation sites is 3. The lowest BCUT2D eigenvalue weighted by atomic mass is 10.0. The first-order chi connectivity index (χ1) is 14.5. The van der Waals surface area contributed by atoms with Gasteiger partial charge in [-0.25, -0.2) is 9.59 Å². The van der Waals surface area contributed by atoms with Gasteiger partial charge in [0.05, 0.1) is 18.1 Å². The van der Waals surface area contributed by atoms with Gasteiger partial charge in [0.2, 0.25) is 5.91 Å². The zero-order valence-electron chi connectivity index (χ0n) is 16.7. The molecule has 1 atom stereocenters. The quantitative estimate of drug-likeness (QED) is 0.477. The summed E-state index contributed by atoms with van der Waals surface area (Å²) in [5.41, 5.74) is 2.94. The average Bonchev–Trinajstić information content (AvgIpc) is 3.27. The standard InChI is InChI=1S/C22H22N4O4/c1-25-18-9-5-6-10-19(18)26(22(25)29)13-20(27)24-17(21(28)30-2)11-14-12-23-16-8-4-3-7-15(14)16/h3-10,12,17,23H,11,13H2,1-2H3,(H,24,27). The van der Waals surface area contributed by atoms with Crippen LogP contribution < -0.4 is 11.0 Å². The van der Waals surface area contributed by atoms with Crippen LogP contribution in [0, 0.1) is 0 Å². The molecule has 154 valence electrons. The molecule has 0 aliphatic rings. The maximum Gasteiger partial charge on any atom is 0.329 e. The number of rotatable bonds is 6. The third-order valence-electron chi connectivity index (χ3n) is 5.27. The third kappa shape index (κ3) is 3.47. The Morgan fingerprint density at radius 2 is 1.80 bits per heavy atom. The smallest absolute Gasteiger partial charge is 0.329 e. The first-order valence-electron chi connectivity index (χ1n) is 9.56. The number of aryl methyl sites for hydroxylation is 1. The zero-order chi connectivity index (χ0) is 21.3. The Balaban J connectivity index is 1.57. The van der Waals surface area contributed by atoms with E-state index in [4.69, 9.17) is 4.74 Å². The van der Waals surface area contributed by atoms with Crippen molar-refractivity contribution in [3.63, 3.8) is 0 Å². The van der Waals surface area contributed by atoms with Crippen molar-refractivity contribution >= 4 is 33.8 Å². The van der Waals surface area contributed by atoms with Gasteiger partial charge in [-0.3, -0.25) is 13.9 Å². The summed E-state index contributed by atoms with van der Waals surface area (Å²) in [5, 5.41) is 3.70. The van der Waals surface area contributed by atoms with E-state index in [9.17, 15) is 14.4 Å². The summed E-state index contributed by atoms with van der Waals surface area (Å²) in [7, 11) is 2.94. The molecule has 0 aliphatic heterocycles. The van der Waals surface area contributed by atoms with Crippen molar-refractivity contribution in [2.24, 2.45) is 7.05 Å². The van der Waals surface area contributed by atoms with Crippen LogP contribution in [0.4, 0.5) is 0 Å². The van der Waals surface area contributed by atoms with Crippen molar-refractivity contribution in [2.75, 3.05) is 7.11 Å². The van der Waals surface area contributed by atoms with E-state index in [1.165, 1.54) is 16.2 Å². The Bertz CT molecular complexity index is 1300. The molecule has 0 radical (unpaired) electrons. The fourth-order valence-electron chi connectivity index (χ4n) is 3.76. The monoisotopic (exact) mass is 406 g/mol. The molecule has 2 N–H and O–H groups in total. The molecule has 0 fully saturated rings. The highest BCUT2D eigenvalue weighted by Crippen LogP contribution is 2.19. The molecular weight excluding hydrogens is 384 g/mol. The fourth-order valence-corrected chi connectivity index (χ4v) is 3.76. The second-order valence-electron chi connectivity index (χ2n) is 7.12. The molecular formula is C22H22N4O4. The van der Waals surface area contributed by atoms with Crippen LogP contribution in [-0.4, -0.2) is 39.1 Å². The van der Waals surface area contributed by atoms with Crippen LogP contribution in [0.15, 0.2) is 59.5 Å². The maximum absolute atomic E-state index is 12.7. The summed E-state index contributed by atoms with van der Waals surface area (Å²) in [4.78, 5) is 40.8. The molecule has 2 heterocycles. The molecule has 2 aromatic heterocycles. The Kier molecular flexibility index (Phi) is 5.14. The summed E-state index contributed by atoms with van der Waals surface area (Å²) in [6.45, 7) is -0.193. The summed E-state index contributed by atoms with van der Waals surface area (Å²) in [6, 6.07) is 14.1. The van der Waals surface area contributed by atoms with E-state index < -0.39 is 17.9 Å². The number of carbonyl (C=O) groups excluding carboxylic acids is 2. The second kappa shape index (κ2) is 7.90. The van der Waals surface area contributed by atoms with Crippen LogP contribution in [-0.2, 0) is 34.3 Å². The number of aromatic amines is 1. The van der Waals surface area contributed by atoms with Gasteiger partial charge in [0, 0.05) is 30.6 Å². The topological polar surface area (TPSA) is 98.1 Å². The number of methoxy groups -OCH3 is 1. The van der Waals surface area contributed by atoms with Gasteiger partial charge in [-0.2, -0.15) is 0 Å². The van der Waals surface area contributed by atoms with Gasteiger partial charge in [0.25, 0.3) is 0 Å². The molecule has 0 spiro atoms. The van der Waals surface area contributed by atoms with E-state index in [0.29, 0.717) is 5.52 Å². The Hall–Kier alpha value is -3.81. The predicted octanol–water partition coefficient (Wildman–Crippen LogP) is 1.72. The third-order valence-corrected chi connectivity index (χ3v) is 5.27. The van der Waals surface area contributed by atoms with E-state index >= 15 is 0 Å². The summed E-state index contributed by atoms with van der Waals surface area (Å²) in [5.74, 6) is -0.984. The lowest BCUT2D eigenvalue weighted by molar-refractivity contribution is -0.145. The van der Waals surface area contributed by atoms with Crippen LogP contribution in [0.2, 0.25) is 0 Å². The van der Waals surface area contributed by atoms with Gasteiger partial charge >= 0.3 is 11.7 Å². The van der Waals surface area contributed by atoms with Crippen molar-refractivity contribution in [3.05, 3.63) is 70.8 Å². The number of nitrogens with zero attached hydrogens (tertiary/aromatic N) is 2. The number of aromatic nitrogens is 3. The number of benzene rings is 2. The molecule has 0 aliphatic carbocycles. The van der Waals surface area contributed by atoms with Crippen LogP contribution in [0.5, 0.6) is 0 Å².